The fraction of sp³-hybridized carbons (Fsp3) is 0.429. The summed E-state index contributed by atoms with van der Waals surface area (Å²) in [5.41, 5.74) is 1.01. The van der Waals surface area contributed by atoms with E-state index in [2.05, 4.69) is 28.7 Å². The number of halogens is 1. The van der Waals surface area contributed by atoms with Gasteiger partial charge < -0.3 is 14.9 Å². The maximum absolute atomic E-state index is 12.9. The molecule has 2 aromatic rings. The van der Waals surface area contributed by atoms with E-state index < -0.39 is 11.5 Å². The number of rotatable bonds is 3. The molecule has 1 aromatic heterocycles. The average molecular weight is 400 g/mol. The first kappa shape index (κ1) is 19.2. The number of aromatic nitrogens is 2. The van der Waals surface area contributed by atoms with Crippen LogP contribution >= 0.6 is 11.6 Å². The minimum Gasteiger partial charge on any atom is -0.375 e. The van der Waals surface area contributed by atoms with Crippen LogP contribution in [-0.4, -0.2) is 52.1 Å². The van der Waals surface area contributed by atoms with Crippen LogP contribution in [0.4, 0.5) is 5.82 Å². The van der Waals surface area contributed by atoms with Gasteiger partial charge in [0.1, 0.15) is 12.1 Å². The zero-order chi connectivity index (χ0) is 19.9. The Bertz CT molecular complexity index is 876. The zero-order valence-electron chi connectivity index (χ0n) is 15.9. The van der Waals surface area contributed by atoms with E-state index in [0.717, 1.165) is 24.4 Å². The van der Waals surface area contributed by atoms with E-state index in [9.17, 15) is 9.90 Å². The Hall–Kier alpha value is -2.18. The molecule has 1 N–H and O–H groups in total. The number of hydrogen-bond donors (Lipinski definition) is 1. The van der Waals surface area contributed by atoms with Gasteiger partial charge in [-0.05, 0) is 43.4 Å². The highest BCUT2D eigenvalue weighted by Gasteiger charge is 2.38. The summed E-state index contributed by atoms with van der Waals surface area (Å²) in [6.45, 7) is 8.34. The number of benzene rings is 1. The number of nitrogens with zero attached hydrogens (tertiary/aromatic N) is 4. The van der Waals surface area contributed by atoms with Crippen molar-refractivity contribution in [1.29, 1.82) is 0 Å². The van der Waals surface area contributed by atoms with Crippen LogP contribution in [0.2, 0.25) is 5.02 Å². The van der Waals surface area contributed by atoms with Crippen LogP contribution in [0.25, 0.3) is 0 Å². The molecule has 2 atom stereocenters. The van der Waals surface area contributed by atoms with Crippen LogP contribution in [0.15, 0.2) is 30.6 Å². The van der Waals surface area contributed by atoms with Gasteiger partial charge in [-0.15, -0.1) is 0 Å². The lowest BCUT2D eigenvalue weighted by molar-refractivity contribution is -0.148. The van der Waals surface area contributed by atoms with E-state index in [4.69, 9.17) is 11.6 Å². The van der Waals surface area contributed by atoms with Crippen LogP contribution in [-0.2, 0) is 16.8 Å². The lowest BCUT2D eigenvalue weighted by Crippen LogP contribution is -2.54. The van der Waals surface area contributed by atoms with Crippen molar-refractivity contribution < 1.29 is 9.90 Å². The Balaban J connectivity index is 1.47. The Morgan fingerprint density at radius 3 is 2.57 bits per heavy atom. The molecule has 2 aliphatic rings. The molecule has 0 spiro atoms. The van der Waals surface area contributed by atoms with E-state index in [1.54, 1.807) is 35.5 Å². The van der Waals surface area contributed by atoms with Gasteiger partial charge in [-0.1, -0.05) is 30.7 Å². The van der Waals surface area contributed by atoms with Gasteiger partial charge in [0.2, 0.25) is 0 Å². The third-order valence-electron chi connectivity index (χ3n) is 5.79. The van der Waals surface area contributed by atoms with Crippen LogP contribution in [0.5, 0.6) is 0 Å². The predicted octanol–water partition coefficient (Wildman–Crippen LogP) is 2.55. The highest BCUT2D eigenvalue weighted by atomic mass is 35.5. The molecule has 1 amide bonds. The van der Waals surface area contributed by atoms with E-state index in [1.807, 2.05) is 0 Å². The van der Waals surface area contributed by atoms with Crippen molar-refractivity contribution in [2.45, 2.75) is 31.3 Å². The van der Waals surface area contributed by atoms with E-state index >= 15 is 0 Å². The highest BCUT2D eigenvalue weighted by Crippen LogP contribution is 2.37. The number of piperazine rings is 1. The summed E-state index contributed by atoms with van der Waals surface area (Å²) in [6.07, 6.45) is 3.74. The van der Waals surface area contributed by atoms with E-state index in [1.165, 1.54) is 5.56 Å². The van der Waals surface area contributed by atoms with Crippen LogP contribution in [0.1, 0.15) is 36.1 Å². The maximum atomic E-state index is 12.9. The second-order valence-electron chi connectivity index (χ2n) is 7.64. The zero-order valence-corrected chi connectivity index (χ0v) is 16.7. The predicted molar refractivity (Wildman–Crippen MR) is 108 cm³/mol. The molecular weight excluding hydrogens is 376 g/mol. The van der Waals surface area contributed by atoms with Gasteiger partial charge in [0.25, 0.3) is 5.91 Å². The molecule has 1 aliphatic heterocycles. The summed E-state index contributed by atoms with van der Waals surface area (Å²) in [6, 6.07) is 6.56. The summed E-state index contributed by atoms with van der Waals surface area (Å²) in [5, 5.41) is 11.3. The molecule has 4 rings (SSSR count). The van der Waals surface area contributed by atoms with Crippen LogP contribution in [0.3, 0.4) is 0 Å². The van der Waals surface area contributed by atoms with E-state index in [-0.39, 0.29) is 0 Å². The minimum absolute atomic E-state index is 0.393. The topological polar surface area (TPSA) is 69.6 Å². The van der Waals surface area contributed by atoms with Crippen molar-refractivity contribution in [2.24, 2.45) is 0 Å². The number of aliphatic hydroxyl groups is 1. The lowest BCUT2D eigenvalue weighted by atomic mass is 9.94. The number of fused-ring (bicyclic) bond motifs is 1. The molecule has 1 saturated heterocycles. The van der Waals surface area contributed by atoms with Gasteiger partial charge in [-0.25, -0.2) is 9.97 Å². The lowest BCUT2D eigenvalue weighted by Gasteiger charge is -2.39. The van der Waals surface area contributed by atoms with Gasteiger partial charge in [0.15, 0.2) is 5.60 Å². The van der Waals surface area contributed by atoms with Crippen molar-refractivity contribution in [3.63, 3.8) is 0 Å². The average Bonchev–Trinajstić information content (AvgIpc) is 3.09. The van der Waals surface area contributed by atoms with Gasteiger partial charge in [-0.2, -0.15) is 0 Å². The summed E-state index contributed by atoms with van der Waals surface area (Å²) in [4.78, 5) is 25.8. The first-order valence-electron chi connectivity index (χ1n) is 9.60. The normalized spacial score (nSPS) is 21.4. The van der Waals surface area contributed by atoms with Crippen molar-refractivity contribution >= 4 is 23.3 Å². The molecule has 0 bridgehead atoms. The van der Waals surface area contributed by atoms with Crippen molar-refractivity contribution in [3.8, 4) is 0 Å². The maximum Gasteiger partial charge on any atom is 0.259 e. The second-order valence-corrected chi connectivity index (χ2v) is 8.08. The van der Waals surface area contributed by atoms with E-state index in [0.29, 0.717) is 42.7 Å². The number of carbonyl (C=O) groups excluding carboxylic acids is 1. The fourth-order valence-electron chi connectivity index (χ4n) is 4.11. The molecule has 2 heterocycles. The molecule has 1 aliphatic carbocycles. The molecular formula is C21H24ClN4O2. The smallest absolute Gasteiger partial charge is 0.259 e. The Labute approximate surface area is 170 Å². The largest absolute Gasteiger partial charge is 0.375 e. The van der Waals surface area contributed by atoms with Crippen molar-refractivity contribution in [3.05, 3.63) is 59.4 Å². The Morgan fingerprint density at radius 1 is 1.21 bits per heavy atom. The van der Waals surface area contributed by atoms with Gasteiger partial charge in [0, 0.05) is 42.5 Å². The molecule has 1 unspecified atom stereocenters. The summed E-state index contributed by atoms with van der Waals surface area (Å²) < 4.78 is 0. The first-order chi connectivity index (χ1) is 13.4. The summed E-state index contributed by atoms with van der Waals surface area (Å²) >= 11 is 5.90. The molecule has 0 saturated carbocycles. The summed E-state index contributed by atoms with van der Waals surface area (Å²) in [7, 11) is 0. The molecule has 1 fully saturated rings. The molecule has 147 valence electrons. The minimum atomic E-state index is -1.82. The Kier molecular flexibility index (Phi) is 5.02. The number of hydrogen-bond acceptors (Lipinski definition) is 5. The SMILES string of the molecule is [CH2]C(O)(C(=O)N1CCN(c2ncnc3c2[C@H](C)CC3)CC1)c1ccc(Cl)cc1. The molecule has 7 heteroatoms. The van der Waals surface area contributed by atoms with Crippen LogP contribution < -0.4 is 4.90 Å². The fourth-order valence-corrected chi connectivity index (χ4v) is 4.23. The third-order valence-corrected chi connectivity index (χ3v) is 6.05. The number of anilines is 1. The number of carbonyl (C=O) groups is 1. The molecule has 28 heavy (non-hydrogen) atoms. The van der Waals surface area contributed by atoms with Crippen molar-refractivity contribution in [1.82, 2.24) is 14.9 Å². The quantitative estimate of drug-likeness (QED) is 0.858. The number of amides is 1. The third kappa shape index (κ3) is 3.35. The van der Waals surface area contributed by atoms with Gasteiger partial charge in [0.05, 0.1) is 0 Å². The second kappa shape index (κ2) is 7.33. The molecule has 1 radical (unpaired) electrons. The first-order valence-corrected chi connectivity index (χ1v) is 9.97. The van der Waals surface area contributed by atoms with Gasteiger partial charge in [-0.3, -0.25) is 4.79 Å². The molecule has 6 nitrogen and oxygen atoms in total. The number of aryl methyl sites for hydroxylation is 1. The van der Waals surface area contributed by atoms with Gasteiger partial charge >= 0.3 is 0 Å². The van der Waals surface area contributed by atoms with Crippen molar-refractivity contribution in [2.75, 3.05) is 31.1 Å². The standard InChI is InChI=1S/C21H24ClN4O2/c1-14-3-8-17-18(14)19(24-13-23-17)25-9-11-26(12-10-25)20(27)21(2,28)15-4-6-16(22)7-5-15/h4-7,13-14,28H,2-3,8-12H2,1H3/t14-,21?/m1/s1. The summed E-state index contributed by atoms with van der Waals surface area (Å²) in [5.74, 6) is 1.06. The monoisotopic (exact) mass is 399 g/mol. The Morgan fingerprint density at radius 2 is 1.89 bits per heavy atom. The highest BCUT2D eigenvalue weighted by molar-refractivity contribution is 6.30. The van der Waals surface area contributed by atoms with Crippen LogP contribution in [0, 0.1) is 6.92 Å². The molecule has 1 aromatic carbocycles.